The minimum Gasteiger partial charge on any atom is -0.349 e. The number of hydrogen-bond donors (Lipinski definition) is 1. The molecule has 2 saturated heterocycles. The van der Waals surface area contributed by atoms with Crippen LogP contribution in [0.3, 0.4) is 0 Å². The summed E-state index contributed by atoms with van der Waals surface area (Å²) in [5.74, 6) is 0.0755. The van der Waals surface area contributed by atoms with Crippen molar-refractivity contribution in [2.45, 2.75) is 76.5 Å². The molecule has 2 aromatic rings. The summed E-state index contributed by atoms with van der Waals surface area (Å²) >= 11 is 1.85. The van der Waals surface area contributed by atoms with Crippen molar-refractivity contribution in [2.24, 2.45) is 0 Å². The van der Waals surface area contributed by atoms with Gasteiger partial charge in [-0.1, -0.05) is 39.0 Å². The number of rotatable bonds is 4. The van der Waals surface area contributed by atoms with Gasteiger partial charge in [-0.25, -0.2) is 0 Å². The average Bonchev–Trinajstić information content (AvgIpc) is 3.21. The lowest BCUT2D eigenvalue weighted by Crippen LogP contribution is -2.49. The van der Waals surface area contributed by atoms with E-state index in [0.29, 0.717) is 18.1 Å². The van der Waals surface area contributed by atoms with E-state index < -0.39 is 0 Å². The Morgan fingerprint density at radius 3 is 2.33 bits per heavy atom. The number of nitrogens with zero attached hydrogens (tertiary/aromatic N) is 1. The van der Waals surface area contributed by atoms with Gasteiger partial charge in [0.15, 0.2) is 0 Å². The van der Waals surface area contributed by atoms with Gasteiger partial charge in [0.05, 0.1) is 0 Å². The first kappa shape index (κ1) is 18.7. The molecule has 27 heavy (non-hydrogen) atoms. The molecular weight excluding hydrogens is 352 g/mol. The number of nitrogens with one attached hydrogen (secondary N) is 1. The lowest BCUT2D eigenvalue weighted by Gasteiger charge is -2.39. The molecule has 2 fully saturated rings. The normalized spacial score (nSPS) is 25.5. The SMILES string of the molecule is CC(C)(C)c1ccc(C(=O)NC2C[C@H]3CC[C@@H](C2)N3Cc2cccs2)cc1. The minimum atomic E-state index is 0.0755. The van der Waals surface area contributed by atoms with Gasteiger partial charge in [-0.3, -0.25) is 9.69 Å². The Morgan fingerprint density at radius 1 is 1.11 bits per heavy atom. The Labute approximate surface area is 166 Å². The van der Waals surface area contributed by atoms with E-state index in [1.165, 1.54) is 23.3 Å². The fourth-order valence-electron chi connectivity index (χ4n) is 4.62. The van der Waals surface area contributed by atoms with Crippen molar-refractivity contribution in [1.82, 2.24) is 10.2 Å². The van der Waals surface area contributed by atoms with Crippen LogP contribution in [-0.4, -0.2) is 28.9 Å². The van der Waals surface area contributed by atoms with E-state index in [1.54, 1.807) is 0 Å². The quantitative estimate of drug-likeness (QED) is 0.809. The molecule has 0 spiro atoms. The molecule has 1 amide bonds. The van der Waals surface area contributed by atoms with Crippen LogP contribution in [0, 0.1) is 0 Å². The molecule has 3 nitrogen and oxygen atoms in total. The molecule has 144 valence electrons. The summed E-state index contributed by atoms with van der Waals surface area (Å²) in [6, 6.07) is 14.0. The van der Waals surface area contributed by atoms with E-state index >= 15 is 0 Å². The zero-order chi connectivity index (χ0) is 19.0. The number of thiophene rings is 1. The van der Waals surface area contributed by atoms with E-state index in [1.807, 2.05) is 23.5 Å². The second kappa shape index (κ2) is 7.40. The van der Waals surface area contributed by atoms with Crippen molar-refractivity contribution in [1.29, 1.82) is 0 Å². The zero-order valence-electron chi connectivity index (χ0n) is 16.6. The number of carbonyl (C=O) groups is 1. The fourth-order valence-corrected chi connectivity index (χ4v) is 5.34. The Morgan fingerprint density at radius 2 is 1.78 bits per heavy atom. The van der Waals surface area contributed by atoms with Gasteiger partial charge >= 0.3 is 0 Å². The van der Waals surface area contributed by atoms with Gasteiger partial charge < -0.3 is 5.32 Å². The first-order valence-electron chi connectivity index (χ1n) is 10.1. The summed E-state index contributed by atoms with van der Waals surface area (Å²) in [6.45, 7) is 7.66. The monoisotopic (exact) mass is 382 g/mol. The first-order valence-corrected chi connectivity index (χ1v) is 11.0. The smallest absolute Gasteiger partial charge is 0.251 e. The van der Waals surface area contributed by atoms with Gasteiger partial charge in [-0.2, -0.15) is 0 Å². The molecule has 1 aromatic carbocycles. The zero-order valence-corrected chi connectivity index (χ0v) is 17.4. The van der Waals surface area contributed by atoms with Gasteiger partial charge in [0.2, 0.25) is 0 Å². The Bertz CT molecular complexity index is 762. The summed E-state index contributed by atoms with van der Waals surface area (Å²) in [5, 5.41) is 5.47. The number of piperidine rings is 1. The van der Waals surface area contributed by atoms with Crippen LogP contribution in [0.1, 0.15) is 67.3 Å². The molecule has 1 unspecified atom stereocenters. The molecule has 0 aliphatic carbocycles. The molecule has 2 bridgehead atoms. The van der Waals surface area contributed by atoms with Crippen molar-refractivity contribution in [2.75, 3.05) is 0 Å². The second-order valence-corrected chi connectivity index (χ2v) is 10.1. The lowest BCUT2D eigenvalue weighted by atomic mass is 9.86. The largest absolute Gasteiger partial charge is 0.349 e. The number of hydrogen-bond acceptors (Lipinski definition) is 3. The highest BCUT2D eigenvalue weighted by Crippen LogP contribution is 2.37. The molecule has 1 N–H and O–H groups in total. The van der Waals surface area contributed by atoms with Gasteiger partial charge in [-0.15, -0.1) is 11.3 Å². The summed E-state index contributed by atoms with van der Waals surface area (Å²) in [6.07, 6.45) is 4.69. The molecule has 4 heteroatoms. The number of amides is 1. The van der Waals surface area contributed by atoms with E-state index in [4.69, 9.17) is 0 Å². The third-order valence-electron chi connectivity index (χ3n) is 6.15. The van der Waals surface area contributed by atoms with Gasteiger partial charge in [0, 0.05) is 35.1 Å². The first-order chi connectivity index (χ1) is 12.9. The maximum atomic E-state index is 12.7. The van der Waals surface area contributed by atoms with Crippen LogP contribution in [0.25, 0.3) is 0 Å². The Balaban J connectivity index is 1.36. The van der Waals surface area contributed by atoms with Crippen LogP contribution in [0.2, 0.25) is 0 Å². The van der Waals surface area contributed by atoms with Gasteiger partial charge in [-0.05, 0) is 60.2 Å². The highest BCUT2D eigenvalue weighted by atomic mass is 32.1. The van der Waals surface area contributed by atoms with Gasteiger partial charge in [0.1, 0.15) is 0 Å². The summed E-state index contributed by atoms with van der Waals surface area (Å²) in [7, 11) is 0. The van der Waals surface area contributed by atoms with Crippen LogP contribution in [0.15, 0.2) is 41.8 Å². The summed E-state index contributed by atoms with van der Waals surface area (Å²) in [5.41, 5.74) is 2.15. The van der Waals surface area contributed by atoms with E-state index in [9.17, 15) is 4.79 Å². The standard InChI is InChI=1S/C23H30N2OS/c1-23(2,3)17-8-6-16(7-9-17)22(26)24-18-13-19-10-11-20(14-18)25(19)15-21-5-4-12-27-21/h4-9,12,18-20H,10-11,13-15H2,1-3H3,(H,24,26)/t18?,19-,20+. The van der Waals surface area contributed by atoms with Crippen LogP contribution < -0.4 is 5.32 Å². The Hall–Kier alpha value is -1.65. The van der Waals surface area contributed by atoms with Crippen molar-refractivity contribution in [3.63, 3.8) is 0 Å². The van der Waals surface area contributed by atoms with Crippen LogP contribution >= 0.6 is 11.3 Å². The van der Waals surface area contributed by atoms with Crippen LogP contribution in [0.5, 0.6) is 0 Å². The lowest BCUT2D eigenvalue weighted by molar-refractivity contribution is 0.0830. The average molecular weight is 383 g/mol. The number of fused-ring (bicyclic) bond motifs is 2. The molecule has 2 aliphatic rings. The van der Waals surface area contributed by atoms with E-state index in [-0.39, 0.29) is 11.3 Å². The molecule has 3 atom stereocenters. The fraction of sp³-hybridized carbons (Fsp3) is 0.522. The topological polar surface area (TPSA) is 32.3 Å². The number of benzene rings is 1. The maximum Gasteiger partial charge on any atom is 0.251 e. The minimum absolute atomic E-state index is 0.0755. The molecule has 4 rings (SSSR count). The number of carbonyl (C=O) groups excluding carboxylic acids is 1. The molecule has 0 saturated carbocycles. The van der Waals surface area contributed by atoms with Crippen LogP contribution in [-0.2, 0) is 12.0 Å². The summed E-state index contributed by atoms with van der Waals surface area (Å²) in [4.78, 5) is 16.8. The van der Waals surface area contributed by atoms with Crippen LogP contribution in [0.4, 0.5) is 0 Å². The Kier molecular flexibility index (Phi) is 5.13. The van der Waals surface area contributed by atoms with E-state index in [2.05, 4.69) is 60.6 Å². The van der Waals surface area contributed by atoms with Crippen molar-refractivity contribution in [3.05, 3.63) is 57.8 Å². The van der Waals surface area contributed by atoms with Gasteiger partial charge in [0.25, 0.3) is 5.91 Å². The molecule has 0 radical (unpaired) electrons. The third kappa shape index (κ3) is 4.12. The molecule has 3 heterocycles. The molecular formula is C23H30N2OS. The summed E-state index contributed by atoms with van der Waals surface area (Å²) < 4.78 is 0. The molecule has 1 aromatic heterocycles. The van der Waals surface area contributed by atoms with Crippen molar-refractivity contribution in [3.8, 4) is 0 Å². The second-order valence-electron chi connectivity index (χ2n) is 9.11. The predicted octanol–water partition coefficient (Wildman–Crippen LogP) is 4.97. The highest BCUT2D eigenvalue weighted by molar-refractivity contribution is 7.09. The van der Waals surface area contributed by atoms with E-state index in [0.717, 1.165) is 24.9 Å². The predicted molar refractivity (Wildman–Crippen MR) is 112 cm³/mol. The molecule has 2 aliphatic heterocycles. The van der Waals surface area contributed by atoms with Crippen molar-refractivity contribution >= 4 is 17.2 Å². The maximum absolute atomic E-state index is 12.7. The van der Waals surface area contributed by atoms with Crippen molar-refractivity contribution < 1.29 is 4.79 Å². The third-order valence-corrected chi connectivity index (χ3v) is 7.01. The highest BCUT2D eigenvalue weighted by Gasteiger charge is 2.41.